The smallest absolute Gasteiger partial charge is 0.228 e. The summed E-state index contributed by atoms with van der Waals surface area (Å²) in [7, 11) is 0. The highest BCUT2D eigenvalue weighted by Crippen LogP contribution is 2.21. The summed E-state index contributed by atoms with van der Waals surface area (Å²) in [4.78, 5) is 30.4. The monoisotopic (exact) mass is 306 g/mol. The van der Waals surface area contributed by atoms with E-state index in [9.17, 15) is 9.59 Å². The number of aromatic nitrogens is 2. The molecule has 0 spiro atoms. The first-order chi connectivity index (χ1) is 10.1. The minimum absolute atomic E-state index is 0.110. The van der Waals surface area contributed by atoms with E-state index in [1.807, 2.05) is 27.1 Å². The molecule has 2 aromatic heterocycles. The lowest BCUT2D eigenvalue weighted by molar-refractivity contribution is -0.132. The minimum atomic E-state index is -0.252. The van der Waals surface area contributed by atoms with Gasteiger partial charge in [0, 0.05) is 37.3 Å². The summed E-state index contributed by atoms with van der Waals surface area (Å²) in [5.41, 5.74) is 6.03. The van der Waals surface area contributed by atoms with E-state index in [0.717, 1.165) is 23.5 Å². The molecule has 0 unspecified atom stereocenters. The van der Waals surface area contributed by atoms with Gasteiger partial charge in [-0.1, -0.05) is 0 Å². The summed E-state index contributed by atoms with van der Waals surface area (Å²) in [6.45, 7) is 1.41. The molecule has 1 saturated heterocycles. The standard InChI is InChI=1S/C14H18N4O2S/c15-12(19)7-10-1-3-17(4-2-10)13(20)8-11-9-18-5-6-21-14(18)16-11/h5-6,9-10H,1-4,7-8H2,(H2,15,19). The SMILES string of the molecule is NC(=O)CC1CCN(C(=O)Cc2cn3ccsc3n2)CC1. The Kier molecular flexibility index (Phi) is 3.92. The Morgan fingerprint density at radius 2 is 2.14 bits per heavy atom. The Morgan fingerprint density at radius 3 is 2.81 bits per heavy atom. The molecule has 3 heterocycles. The van der Waals surface area contributed by atoms with Crippen LogP contribution in [0.25, 0.3) is 4.96 Å². The van der Waals surface area contributed by atoms with Crippen LogP contribution in [0.4, 0.5) is 0 Å². The molecular formula is C14H18N4O2S. The number of amides is 2. The van der Waals surface area contributed by atoms with Gasteiger partial charge in [0.25, 0.3) is 0 Å². The van der Waals surface area contributed by atoms with Crippen LogP contribution in [0.1, 0.15) is 25.0 Å². The van der Waals surface area contributed by atoms with Crippen LogP contribution in [0.15, 0.2) is 17.8 Å². The third kappa shape index (κ3) is 3.24. The summed E-state index contributed by atoms with van der Waals surface area (Å²) in [6, 6.07) is 0. The zero-order chi connectivity index (χ0) is 14.8. The second-order valence-corrected chi connectivity index (χ2v) is 6.37. The molecule has 0 atom stereocenters. The molecule has 1 aliphatic rings. The van der Waals surface area contributed by atoms with Crippen LogP contribution in [-0.4, -0.2) is 39.2 Å². The van der Waals surface area contributed by atoms with Gasteiger partial charge < -0.3 is 10.6 Å². The highest BCUT2D eigenvalue weighted by molar-refractivity contribution is 7.15. The van der Waals surface area contributed by atoms with Gasteiger partial charge in [0.15, 0.2) is 4.96 Å². The first kappa shape index (κ1) is 14.1. The lowest BCUT2D eigenvalue weighted by Crippen LogP contribution is -2.40. The zero-order valence-corrected chi connectivity index (χ0v) is 12.5. The van der Waals surface area contributed by atoms with Crippen LogP contribution in [0, 0.1) is 5.92 Å². The van der Waals surface area contributed by atoms with Gasteiger partial charge in [0.1, 0.15) is 0 Å². The number of rotatable bonds is 4. The van der Waals surface area contributed by atoms with E-state index < -0.39 is 0 Å². The summed E-state index contributed by atoms with van der Waals surface area (Å²) in [6.07, 6.45) is 6.33. The molecule has 2 amide bonds. The van der Waals surface area contributed by atoms with E-state index >= 15 is 0 Å². The maximum Gasteiger partial charge on any atom is 0.228 e. The molecule has 1 aliphatic heterocycles. The molecule has 0 radical (unpaired) electrons. The number of carbonyl (C=O) groups excluding carboxylic acids is 2. The number of carbonyl (C=O) groups is 2. The van der Waals surface area contributed by atoms with E-state index in [0.29, 0.717) is 31.8 Å². The van der Waals surface area contributed by atoms with E-state index in [2.05, 4.69) is 4.98 Å². The van der Waals surface area contributed by atoms with Crippen LogP contribution in [0.5, 0.6) is 0 Å². The number of likely N-dealkylation sites (tertiary alicyclic amines) is 1. The Hall–Kier alpha value is -1.89. The van der Waals surface area contributed by atoms with Crippen molar-refractivity contribution in [1.82, 2.24) is 14.3 Å². The van der Waals surface area contributed by atoms with Gasteiger partial charge in [-0.05, 0) is 18.8 Å². The molecule has 2 aromatic rings. The van der Waals surface area contributed by atoms with Crippen molar-refractivity contribution in [3.8, 4) is 0 Å². The molecule has 112 valence electrons. The van der Waals surface area contributed by atoms with Crippen LogP contribution < -0.4 is 5.73 Å². The number of piperidine rings is 1. The molecule has 2 N–H and O–H groups in total. The van der Waals surface area contributed by atoms with Gasteiger partial charge in [-0.2, -0.15) is 0 Å². The fourth-order valence-electron chi connectivity index (χ4n) is 2.80. The Morgan fingerprint density at radius 1 is 1.38 bits per heavy atom. The third-order valence-corrected chi connectivity index (χ3v) is 4.70. The minimum Gasteiger partial charge on any atom is -0.370 e. The van der Waals surface area contributed by atoms with E-state index in [1.54, 1.807) is 11.3 Å². The number of imidazole rings is 1. The zero-order valence-electron chi connectivity index (χ0n) is 11.7. The Labute approximate surface area is 126 Å². The van der Waals surface area contributed by atoms with Gasteiger partial charge in [0.2, 0.25) is 11.8 Å². The van der Waals surface area contributed by atoms with Crippen molar-refractivity contribution in [2.75, 3.05) is 13.1 Å². The van der Waals surface area contributed by atoms with Crippen molar-refractivity contribution in [2.45, 2.75) is 25.7 Å². The van der Waals surface area contributed by atoms with Gasteiger partial charge >= 0.3 is 0 Å². The predicted octanol–water partition coefficient (Wildman–Crippen LogP) is 1.05. The van der Waals surface area contributed by atoms with Crippen molar-refractivity contribution in [1.29, 1.82) is 0 Å². The molecule has 3 rings (SSSR count). The summed E-state index contributed by atoms with van der Waals surface area (Å²) < 4.78 is 1.94. The fraction of sp³-hybridized carbons (Fsp3) is 0.500. The molecule has 0 aliphatic carbocycles. The van der Waals surface area contributed by atoms with E-state index in [1.165, 1.54) is 0 Å². The van der Waals surface area contributed by atoms with Crippen molar-refractivity contribution in [3.63, 3.8) is 0 Å². The first-order valence-corrected chi connectivity index (χ1v) is 7.97. The molecule has 21 heavy (non-hydrogen) atoms. The van der Waals surface area contributed by atoms with E-state index in [-0.39, 0.29) is 11.8 Å². The van der Waals surface area contributed by atoms with Gasteiger partial charge in [-0.3, -0.25) is 14.0 Å². The number of nitrogens with two attached hydrogens (primary N) is 1. The summed E-state index contributed by atoms with van der Waals surface area (Å²) in [5.74, 6) is 0.181. The Balaban J connectivity index is 1.54. The first-order valence-electron chi connectivity index (χ1n) is 7.09. The number of hydrogen-bond donors (Lipinski definition) is 1. The van der Waals surface area contributed by atoms with Gasteiger partial charge in [0.05, 0.1) is 12.1 Å². The van der Waals surface area contributed by atoms with Crippen molar-refractivity contribution in [3.05, 3.63) is 23.5 Å². The normalized spacial score (nSPS) is 16.5. The maximum absolute atomic E-state index is 12.3. The number of hydrogen-bond acceptors (Lipinski definition) is 4. The maximum atomic E-state index is 12.3. The Bertz CT molecular complexity index is 626. The predicted molar refractivity (Wildman–Crippen MR) is 79.9 cm³/mol. The van der Waals surface area contributed by atoms with Crippen LogP contribution in [0.3, 0.4) is 0 Å². The molecular weight excluding hydrogens is 288 g/mol. The van der Waals surface area contributed by atoms with Crippen molar-refractivity contribution < 1.29 is 9.59 Å². The molecule has 6 nitrogen and oxygen atoms in total. The highest BCUT2D eigenvalue weighted by atomic mass is 32.1. The van der Waals surface area contributed by atoms with Crippen LogP contribution in [-0.2, 0) is 16.0 Å². The van der Waals surface area contributed by atoms with Crippen molar-refractivity contribution >= 4 is 28.1 Å². The van der Waals surface area contributed by atoms with Gasteiger partial charge in [-0.25, -0.2) is 4.98 Å². The number of fused-ring (bicyclic) bond motifs is 1. The topological polar surface area (TPSA) is 80.7 Å². The molecule has 1 fully saturated rings. The summed E-state index contributed by atoms with van der Waals surface area (Å²) >= 11 is 1.56. The van der Waals surface area contributed by atoms with E-state index in [4.69, 9.17) is 5.73 Å². The number of primary amides is 1. The molecule has 7 heteroatoms. The van der Waals surface area contributed by atoms with Crippen LogP contribution in [0.2, 0.25) is 0 Å². The fourth-order valence-corrected chi connectivity index (χ4v) is 3.52. The number of nitrogens with zero attached hydrogens (tertiary/aromatic N) is 3. The lowest BCUT2D eigenvalue weighted by Gasteiger charge is -2.31. The lowest BCUT2D eigenvalue weighted by atomic mass is 9.93. The second-order valence-electron chi connectivity index (χ2n) is 5.50. The largest absolute Gasteiger partial charge is 0.370 e. The summed E-state index contributed by atoms with van der Waals surface area (Å²) in [5, 5.41) is 1.97. The number of thiazole rings is 1. The third-order valence-electron chi connectivity index (χ3n) is 3.93. The molecule has 0 saturated carbocycles. The molecule has 0 aromatic carbocycles. The second kappa shape index (κ2) is 5.85. The highest BCUT2D eigenvalue weighted by Gasteiger charge is 2.24. The quantitative estimate of drug-likeness (QED) is 0.917. The average Bonchev–Trinajstić information content (AvgIpc) is 2.99. The van der Waals surface area contributed by atoms with Crippen LogP contribution >= 0.6 is 11.3 Å². The average molecular weight is 306 g/mol. The molecule has 0 bridgehead atoms. The van der Waals surface area contributed by atoms with Gasteiger partial charge in [-0.15, -0.1) is 11.3 Å². The van der Waals surface area contributed by atoms with Crippen molar-refractivity contribution in [2.24, 2.45) is 11.7 Å².